The summed E-state index contributed by atoms with van der Waals surface area (Å²) in [5.41, 5.74) is 0. The minimum Gasteiger partial charge on any atom is -0.466 e. The zero-order chi connectivity index (χ0) is 20.2. The van der Waals surface area contributed by atoms with Crippen molar-refractivity contribution in [3.63, 3.8) is 0 Å². The fourth-order valence-corrected chi connectivity index (χ4v) is 4.85. The summed E-state index contributed by atoms with van der Waals surface area (Å²) in [6.07, 6.45) is 1.57. The molecule has 0 saturated carbocycles. The van der Waals surface area contributed by atoms with E-state index >= 15 is 0 Å². The van der Waals surface area contributed by atoms with Gasteiger partial charge >= 0.3 is 5.97 Å². The van der Waals surface area contributed by atoms with Gasteiger partial charge in [-0.15, -0.1) is 6.58 Å². The lowest BCUT2D eigenvalue weighted by molar-refractivity contribution is -0.145. The monoisotopic (exact) mass is 390 g/mol. The van der Waals surface area contributed by atoms with Crippen LogP contribution in [0.25, 0.3) is 0 Å². The number of carbonyl (C=O) groups excluding carboxylic acids is 1. The van der Waals surface area contributed by atoms with E-state index < -0.39 is 7.92 Å². The Kier molecular flexibility index (Phi) is 9.18. The van der Waals surface area contributed by atoms with Gasteiger partial charge in [-0.05, 0) is 37.7 Å². The molecule has 0 saturated heterocycles. The smallest absolute Gasteiger partial charge is 0.312 e. The summed E-state index contributed by atoms with van der Waals surface area (Å²) in [6, 6.07) is 32.3. The highest BCUT2D eigenvalue weighted by Gasteiger charge is 2.15. The lowest BCUT2D eigenvalue weighted by Crippen LogP contribution is -2.20. The number of hydrogen-bond acceptors (Lipinski definition) is 2. The Hall–Kier alpha value is -2.70. The molecule has 1 unspecified atom stereocenters. The van der Waals surface area contributed by atoms with Gasteiger partial charge in [0.15, 0.2) is 0 Å². The van der Waals surface area contributed by atoms with Crippen LogP contribution in [-0.2, 0) is 9.53 Å². The number of hydrogen-bond donors (Lipinski definition) is 0. The molecule has 0 spiro atoms. The molecule has 28 heavy (non-hydrogen) atoms. The average molecular weight is 390 g/mol. The first kappa shape index (κ1) is 21.6. The minimum absolute atomic E-state index is 0.176. The van der Waals surface area contributed by atoms with Crippen LogP contribution >= 0.6 is 7.92 Å². The van der Waals surface area contributed by atoms with Crippen LogP contribution in [0.5, 0.6) is 0 Å². The molecule has 0 aromatic heterocycles. The highest BCUT2D eigenvalue weighted by molar-refractivity contribution is 7.79. The van der Waals surface area contributed by atoms with E-state index in [1.165, 1.54) is 15.9 Å². The maximum absolute atomic E-state index is 10.7. The Morgan fingerprint density at radius 1 is 0.857 bits per heavy atom. The van der Waals surface area contributed by atoms with Gasteiger partial charge in [-0.25, -0.2) is 0 Å². The van der Waals surface area contributed by atoms with Crippen molar-refractivity contribution in [2.45, 2.75) is 13.8 Å². The molecule has 0 aliphatic rings. The maximum Gasteiger partial charge on any atom is 0.312 e. The van der Waals surface area contributed by atoms with E-state index in [0.717, 1.165) is 0 Å². The Morgan fingerprint density at radius 3 is 1.50 bits per heavy atom. The van der Waals surface area contributed by atoms with Crippen LogP contribution in [0.1, 0.15) is 13.8 Å². The Balaban J connectivity index is 0.000000266. The largest absolute Gasteiger partial charge is 0.466 e. The minimum atomic E-state index is -0.446. The summed E-state index contributed by atoms with van der Waals surface area (Å²) in [6.45, 7) is 7.44. The number of carbonyl (C=O) groups is 1. The lowest BCUT2D eigenvalue weighted by atomic mass is 10.2. The quantitative estimate of drug-likeness (QED) is 0.343. The molecule has 0 bridgehead atoms. The van der Waals surface area contributed by atoms with E-state index in [4.69, 9.17) is 0 Å². The standard InChI is InChI=1S/C18H15P.C7H12O2/c1-4-10-16(11-5-1)19(17-12-6-2-7-13-17)18-14-8-3-9-15-18;1-4-6(3)7(8)9-5-2/h1-15H;4,6H,1,5H2,2-3H3. The predicted molar refractivity (Wildman–Crippen MR) is 121 cm³/mol. The molecule has 0 aliphatic heterocycles. The summed E-state index contributed by atoms with van der Waals surface area (Å²) < 4.78 is 4.68. The average Bonchev–Trinajstić information content (AvgIpc) is 2.76. The topological polar surface area (TPSA) is 26.3 Å². The molecule has 2 nitrogen and oxygen atoms in total. The van der Waals surface area contributed by atoms with E-state index in [9.17, 15) is 4.79 Å². The fourth-order valence-electron chi connectivity index (χ4n) is 2.55. The zero-order valence-electron chi connectivity index (χ0n) is 16.5. The Labute approximate surface area is 169 Å². The summed E-state index contributed by atoms with van der Waals surface area (Å²) in [5, 5.41) is 4.19. The fraction of sp³-hybridized carbons (Fsp3) is 0.160. The van der Waals surface area contributed by atoms with Gasteiger partial charge < -0.3 is 4.74 Å². The van der Waals surface area contributed by atoms with Crippen molar-refractivity contribution in [3.05, 3.63) is 104 Å². The van der Waals surface area contributed by atoms with E-state index in [-0.39, 0.29) is 11.9 Å². The number of benzene rings is 3. The van der Waals surface area contributed by atoms with Gasteiger partial charge in [-0.1, -0.05) is 97.1 Å². The predicted octanol–water partition coefficient (Wildman–Crippen LogP) is 4.82. The van der Waals surface area contributed by atoms with Crippen molar-refractivity contribution in [2.24, 2.45) is 5.92 Å². The summed E-state index contributed by atoms with van der Waals surface area (Å²) in [4.78, 5) is 10.7. The number of ether oxygens (including phenoxy) is 1. The summed E-state index contributed by atoms with van der Waals surface area (Å²) in [5.74, 6) is -0.377. The van der Waals surface area contributed by atoms with Gasteiger partial charge in [0, 0.05) is 0 Å². The first-order chi connectivity index (χ1) is 13.7. The van der Waals surface area contributed by atoms with Gasteiger partial charge in [-0.2, -0.15) is 0 Å². The molecular weight excluding hydrogens is 363 g/mol. The van der Waals surface area contributed by atoms with Crippen molar-refractivity contribution >= 4 is 29.8 Å². The normalized spacial score (nSPS) is 11.1. The molecule has 144 valence electrons. The van der Waals surface area contributed by atoms with Gasteiger partial charge in [0.1, 0.15) is 0 Å². The van der Waals surface area contributed by atoms with Crippen LogP contribution in [-0.4, -0.2) is 12.6 Å². The van der Waals surface area contributed by atoms with Crippen LogP contribution in [0.2, 0.25) is 0 Å². The third kappa shape index (κ3) is 6.48. The third-order valence-electron chi connectivity index (χ3n) is 4.06. The molecular formula is C25H27O2P. The number of rotatable bonds is 6. The Bertz CT molecular complexity index is 738. The van der Waals surface area contributed by atoms with Crippen molar-refractivity contribution in [1.82, 2.24) is 0 Å². The van der Waals surface area contributed by atoms with Crippen LogP contribution in [0.15, 0.2) is 104 Å². The van der Waals surface area contributed by atoms with Gasteiger partial charge in [0.05, 0.1) is 12.5 Å². The number of esters is 1. The molecule has 3 aromatic carbocycles. The maximum atomic E-state index is 10.7. The van der Waals surface area contributed by atoms with Crippen LogP contribution in [0.3, 0.4) is 0 Å². The van der Waals surface area contributed by atoms with Gasteiger partial charge in [0.25, 0.3) is 0 Å². The first-order valence-electron chi connectivity index (χ1n) is 9.41. The van der Waals surface area contributed by atoms with Crippen molar-refractivity contribution in [1.29, 1.82) is 0 Å². The molecule has 0 amide bonds. The molecule has 3 aromatic rings. The first-order valence-corrected chi connectivity index (χ1v) is 10.8. The summed E-state index contributed by atoms with van der Waals surface area (Å²) in [7, 11) is -0.446. The molecule has 0 fully saturated rings. The highest BCUT2D eigenvalue weighted by Crippen LogP contribution is 2.32. The molecule has 3 heteroatoms. The molecule has 0 heterocycles. The SMILES string of the molecule is C=CC(C)C(=O)OCC.c1ccc(P(c2ccccc2)c2ccccc2)cc1. The molecule has 3 rings (SSSR count). The van der Waals surface area contributed by atoms with Crippen LogP contribution in [0, 0.1) is 5.92 Å². The summed E-state index contributed by atoms with van der Waals surface area (Å²) >= 11 is 0. The second-order valence-corrected chi connectivity index (χ2v) is 8.34. The van der Waals surface area contributed by atoms with Crippen molar-refractivity contribution in [3.8, 4) is 0 Å². The molecule has 0 aliphatic carbocycles. The van der Waals surface area contributed by atoms with E-state index in [1.807, 2.05) is 0 Å². The van der Waals surface area contributed by atoms with Gasteiger partial charge in [0.2, 0.25) is 0 Å². The van der Waals surface area contributed by atoms with Crippen molar-refractivity contribution in [2.75, 3.05) is 6.61 Å². The second kappa shape index (κ2) is 11.9. The van der Waals surface area contributed by atoms with Crippen molar-refractivity contribution < 1.29 is 9.53 Å². The van der Waals surface area contributed by atoms with E-state index in [0.29, 0.717) is 6.61 Å². The molecule has 1 atom stereocenters. The van der Waals surface area contributed by atoms with Gasteiger partial charge in [-0.3, -0.25) is 4.79 Å². The van der Waals surface area contributed by atoms with Crippen LogP contribution < -0.4 is 15.9 Å². The van der Waals surface area contributed by atoms with Crippen LogP contribution in [0.4, 0.5) is 0 Å². The third-order valence-corrected chi connectivity index (χ3v) is 6.50. The van der Waals surface area contributed by atoms with E-state index in [1.54, 1.807) is 19.9 Å². The second-order valence-electron chi connectivity index (χ2n) is 6.12. The lowest BCUT2D eigenvalue weighted by Gasteiger charge is -2.18. The van der Waals surface area contributed by atoms with E-state index in [2.05, 4.69) is 102 Å². The Morgan fingerprint density at radius 2 is 1.21 bits per heavy atom. The zero-order valence-corrected chi connectivity index (χ0v) is 17.4. The highest BCUT2D eigenvalue weighted by atomic mass is 31.1. The molecule has 0 N–H and O–H groups in total. The molecule has 0 radical (unpaired) electrons.